The Hall–Kier alpha value is -3.72. The summed E-state index contributed by atoms with van der Waals surface area (Å²) in [5.41, 5.74) is 6.44. The van der Waals surface area contributed by atoms with Crippen LogP contribution >= 0.6 is 0 Å². The van der Waals surface area contributed by atoms with E-state index in [-0.39, 0.29) is 12.8 Å². The fraction of sp³-hybridized carbons (Fsp3) is 0.200. The summed E-state index contributed by atoms with van der Waals surface area (Å²) in [6.07, 6.45) is -2.40. The van der Waals surface area contributed by atoms with Crippen LogP contribution in [0, 0.1) is 0 Å². The highest BCUT2D eigenvalue weighted by atomic mass is 16.7. The van der Waals surface area contributed by atoms with Gasteiger partial charge < -0.3 is 9.57 Å². The average molecular weight is 395 g/mol. The molecule has 0 unspecified atom stereocenters. The fourth-order valence-corrected chi connectivity index (χ4v) is 3.47. The SMILES string of the molecule is COC(=O)N(NC1c2ccccc2-c2ccccc21)C(=O)ON1C(=O)CCC1=O. The number of hydrazine groups is 1. The van der Waals surface area contributed by atoms with Gasteiger partial charge in [0.25, 0.3) is 11.8 Å². The average Bonchev–Trinajstić information content (AvgIpc) is 3.23. The number of nitrogens with zero attached hydrogens (tertiary/aromatic N) is 2. The molecule has 0 atom stereocenters. The van der Waals surface area contributed by atoms with Gasteiger partial charge in [-0.3, -0.25) is 9.59 Å². The molecular weight excluding hydrogens is 378 g/mol. The van der Waals surface area contributed by atoms with Gasteiger partial charge in [0.1, 0.15) is 0 Å². The molecule has 29 heavy (non-hydrogen) atoms. The van der Waals surface area contributed by atoms with Crippen molar-refractivity contribution in [2.45, 2.75) is 18.9 Å². The molecule has 1 N–H and O–H groups in total. The maximum absolute atomic E-state index is 12.6. The van der Waals surface area contributed by atoms with E-state index < -0.39 is 30.0 Å². The number of rotatable bonds is 3. The van der Waals surface area contributed by atoms with Crippen LogP contribution in [0.15, 0.2) is 48.5 Å². The lowest BCUT2D eigenvalue weighted by Gasteiger charge is -2.25. The number of methoxy groups -OCH3 is 1. The lowest BCUT2D eigenvalue weighted by atomic mass is 10.1. The summed E-state index contributed by atoms with van der Waals surface area (Å²) in [5, 5.41) is 0.888. The molecule has 0 bridgehead atoms. The number of nitrogens with one attached hydrogen (secondary N) is 1. The van der Waals surface area contributed by atoms with Gasteiger partial charge in [0.2, 0.25) is 0 Å². The molecule has 0 aromatic heterocycles. The van der Waals surface area contributed by atoms with E-state index in [0.717, 1.165) is 29.4 Å². The van der Waals surface area contributed by atoms with Gasteiger partial charge >= 0.3 is 12.2 Å². The number of fused-ring (bicyclic) bond motifs is 3. The van der Waals surface area contributed by atoms with E-state index in [4.69, 9.17) is 4.84 Å². The second kappa shape index (κ2) is 7.36. The van der Waals surface area contributed by atoms with Crippen LogP contribution in [0.3, 0.4) is 0 Å². The number of amides is 4. The molecule has 0 radical (unpaired) electrons. The third-order valence-corrected chi connectivity index (χ3v) is 4.81. The summed E-state index contributed by atoms with van der Waals surface area (Å²) in [4.78, 5) is 53.2. The van der Waals surface area contributed by atoms with Crippen LogP contribution in [-0.2, 0) is 19.2 Å². The second-order valence-electron chi connectivity index (χ2n) is 6.48. The van der Waals surface area contributed by atoms with Crippen molar-refractivity contribution in [2.75, 3.05) is 7.11 Å². The first-order valence-electron chi connectivity index (χ1n) is 8.91. The van der Waals surface area contributed by atoms with Gasteiger partial charge in [-0.25, -0.2) is 15.0 Å². The van der Waals surface area contributed by atoms with E-state index in [2.05, 4.69) is 10.2 Å². The monoisotopic (exact) mass is 395 g/mol. The quantitative estimate of drug-likeness (QED) is 0.629. The highest BCUT2D eigenvalue weighted by molar-refractivity contribution is 6.02. The highest BCUT2D eigenvalue weighted by Crippen LogP contribution is 2.43. The Kier molecular flexibility index (Phi) is 4.73. The van der Waals surface area contributed by atoms with Crippen LogP contribution in [0.5, 0.6) is 0 Å². The Labute approximate surface area is 165 Å². The van der Waals surface area contributed by atoms with Crippen LogP contribution in [0.4, 0.5) is 9.59 Å². The van der Waals surface area contributed by atoms with Crippen molar-refractivity contribution in [3.8, 4) is 11.1 Å². The molecular formula is C20H17N3O6. The van der Waals surface area contributed by atoms with E-state index in [0.29, 0.717) is 10.1 Å². The first-order valence-corrected chi connectivity index (χ1v) is 8.91. The fourth-order valence-electron chi connectivity index (χ4n) is 3.47. The smallest absolute Gasteiger partial charge is 0.451 e. The van der Waals surface area contributed by atoms with Crippen molar-refractivity contribution in [2.24, 2.45) is 0 Å². The molecule has 1 aliphatic carbocycles. The lowest BCUT2D eigenvalue weighted by molar-refractivity contribution is -0.174. The zero-order valence-corrected chi connectivity index (χ0v) is 15.5. The molecule has 1 heterocycles. The summed E-state index contributed by atoms with van der Waals surface area (Å²) < 4.78 is 4.67. The zero-order valence-electron chi connectivity index (χ0n) is 15.5. The minimum Gasteiger partial charge on any atom is -0.451 e. The number of ether oxygens (including phenoxy) is 1. The van der Waals surface area contributed by atoms with Crippen molar-refractivity contribution in [1.82, 2.24) is 15.5 Å². The first kappa shape index (κ1) is 18.6. The molecule has 148 valence electrons. The summed E-state index contributed by atoms with van der Waals surface area (Å²) in [5.74, 6) is -1.30. The van der Waals surface area contributed by atoms with Gasteiger partial charge in [0.05, 0.1) is 13.2 Å². The third kappa shape index (κ3) is 3.21. The molecule has 9 heteroatoms. The zero-order chi connectivity index (χ0) is 20.5. The molecule has 1 saturated heterocycles. The van der Waals surface area contributed by atoms with Gasteiger partial charge in [0.15, 0.2) is 0 Å². The van der Waals surface area contributed by atoms with Crippen LogP contribution in [0.25, 0.3) is 11.1 Å². The molecule has 1 fully saturated rings. The molecule has 2 aromatic rings. The van der Waals surface area contributed by atoms with Gasteiger partial charge in [-0.15, -0.1) is 10.1 Å². The Morgan fingerprint density at radius 2 is 1.45 bits per heavy atom. The second-order valence-corrected chi connectivity index (χ2v) is 6.48. The van der Waals surface area contributed by atoms with E-state index in [1.807, 2.05) is 48.5 Å². The highest BCUT2D eigenvalue weighted by Gasteiger charge is 2.38. The minimum atomic E-state index is -1.25. The molecule has 2 aliphatic rings. The van der Waals surface area contributed by atoms with E-state index in [1.54, 1.807) is 0 Å². The Bertz CT molecular complexity index is 959. The summed E-state index contributed by atoms with van der Waals surface area (Å²) >= 11 is 0. The van der Waals surface area contributed by atoms with Crippen molar-refractivity contribution in [1.29, 1.82) is 0 Å². The molecule has 4 amide bonds. The minimum absolute atomic E-state index is 0.0544. The summed E-state index contributed by atoms with van der Waals surface area (Å²) in [6.45, 7) is 0. The molecule has 2 aromatic carbocycles. The molecule has 1 aliphatic heterocycles. The molecule has 9 nitrogen and oxygen atoms in total. The van der Waals surface area contributed by atoms with E-state index in [1.165, 1.54) is 0 Å². The third-order valence-electron chi connectivity index (χ3n) is 4.81. The van der Waals surface area contributed by atoms with Crippen molar-refractivity contribution in [3.05, 3.63) is 59.7 Å². The molecule has 4 rings (SSSR count). The van der Waals surface area contributed by atoms with Gasteiger partial charge in [-0.1, -0.05) is 48.5 Å². The maximum Gasteiger partial charge on any atom is 0.459 e. The van der Waals surface area contributed by atoms with Crippen molar-refractivity contribution >= 4 is 24.0 Å². The van der Waals surface area contributed by atoms with Crippen LogP contribution in [0.1, 0.15) is 30.0 Å². The standard InChI is InChI=1S/C20H17N3O6/c1-28-19(26)22(20(27)29-23-16(24)10-11-17(23)25)21-18-14-8-4-2-6-12(14)13-7-3-5-9-15(13)18/h2-9,18,21H,10-11H2,1H3. The molecule has 0 saturated carbocycles. The number of hydrogen-bond donors (Lipinski definition) is 1. The van der Waals surface area contributed by atoms with Gasteiger partial charge in [-0.05, 0) is 22.3 Å². The number of imide groups is 2. The van der Waals surface area contributed by atoms with Crippen LogP contribution in [0.2, 0.25) is 0 Å². The maximum atomic E-state index is 12.6. The first-order chi connectivity index (χ1) is 14.0. The Morgan fingerprint density at radius 1 is 0.931 bits per heavy atom. The number of hydroxylamine groups is 2. The largest absolute Gasteiger partial charge is 0.459 e. The number of benzene rings is 2. The number of carbonyl (C=O) groups is 4. The topological polar surface area (TPSA) is 105 Å². The van der Waals surface area contributed by atoms with Crippen LogP contribution < -0.4 is 5.43 Å². The van der Waals surface area contributed by atoms with Crippen molar-refractivity contribution < 1.29 is 28.8 Å². The lowest BCUT2D eigenvalue weighted by Crippen LogP contribution is -2.51. The summed E-state index contributed by atoms with van der Waals surface area (Å²) in [6, 6.07) is 14.6. The normalized spacial score (nSPS) is 15.1. The van der Waals surface area contributed by atoms with Gasteiger partial charge in [-0.2, -0.15) is 0 Å². The van der Waals surface area contributed by atoms with Gasteiger partial charge in [0, 0.05) is 12.8 Å². The Morgan fingerprint density at radius 3 is 1.97 bits per heavy atom. The van der Waals surface area contributed by atoms with E-state index >= 15 is 0 Å². The Balaban J connectivity index is 1.64. The predicted octanol–water partition coefficient (Wildman–Crippen LogP) is 2.53. The van der Waals surface area contributed by atoms with Crippen LogP contribution in [-0.4, -0.2) is 41.2 Å². The number of hydrogen-bond acceptors (Lipinski definition) is 7. The van der Waals surface area contributed by atoms with Crippen molar-refractivity contribution in [3.63, 3.8) is 0 Å². The van der Waals surface area contributed by atoms with E-state index in [9.17, 15) is 19.2 Å². The predicted molar refractivity (Wildman–Crippen MR) is 98.7 cm³/mol. The summed E-state index contributed by atoms with van der Waals surface area (Å²) in [7, 11) is 1.10. The number of carbonyl (C=O) groups excluding carboxylic acids is 4. The molecule has 0 spiro atoms.